The standard InChI is InChI=1S/C19H25N3O6/c1-28-13-4-2-12(3-5-13)21-16(25)14(23)15(24)17(26)22-10-7-19(8-11-22)6-9-20-18(19)27/h2-5,14-15,23-24H,6-11H2,1H3,(H,20,27)(H,21,25)/t14-,15-/m1/s1. The van der Waals surface area contributed by atoms with Crippen LogP contribution >= 0.6 is 0 Å². The van der Waals surface area contributed by atoms with Gasteiger partial charge in [-0.1, -0.05) is 0 Å². The SMILES string of the molecule is COc1ccc(NC(=O)[C@H](O)[C@@H](O)C(=O)N2CCC3(CCNC3=O)CC2)cc1. The van der Waals surface area contributed by atoms with Gasteiger partial charge in [0.1, 0.15) is 5.75 Å². The number of ether oxygens (including phenoxy) is 1. The second-order valence-electron chi connectivity index (χ2n) is 7.22. The lowest BCUT2D eigenvalue weighted by Gasteiger charge is -2.38. The number of anilines is 1. The lowest BCUT2D eigenvalue weighted by molar-refractivity contribution is -0.154. The van der Waals surface area contributed by atoms with Crippen LogP contribution in [0.15, 0.2) is 24.3 Å². The summed E-state index contributed by atoms with van der Waals surface area (Å²) in [5.74, 6) is -0.980. The number of nitrogens with zero attached hydrogens (tertiary/aromatic N) is 1. The molecule has 3 amide bonds. The summed E-state index contributed by atoms with van der Waals surface area (Å²) in [6.45, 7) is 1.24. The summed E-state index contributed by atoms with van der Waals surface area (Å²) < 4.78 is 5.02. The van der Waals surface area contributed by atoms with Gasteiger partial charge in [0, 0.05) is 25.3 Å². The van der Waals surface area contributed by atoms with Crippen molar-refractivity contribution in [2.24, 2.45) is 5.41 Å². The van der Waals surface area contributed by atoms with Gasteiger partial charge in [0.2, 0.25) is 5.91 Å². The molecule has 2 atom stereocenters. The number of likely N-dealkylation sites (tertiary alicyclic amines) is 1. The smallest absolute Gasteiger partial charge is 0.256 e. The van der Waals surface area contributed by atoms with Crippen molar-refractivity contribution in [3.05, 3.63) is 24.3 Å². The van der Waals surface area contributed by atoms with Gasteiger partial charge in [-0.25, -0.2) is 0 Å². The summed E-state index contributed by atoms with van der Waals surface area (Å²) in [7, 11) is 1.51. The van der Waals surface area contributed by atoms with E-state index in [-0.39, 0.29) is 5.91 Å². The number of hydrogen-bond donors (Lipinski definition) is 4. The molecule has 0 bridgehead atoms. The van der Waals surface area contributed by atoms with Crippen molar-refractivity contribution < 1.29 is 29.3 Å². The fourth-order valence-corrected chi connectivity index (χ4v) is 3.70. The molecule has 0 aromatic heterocycles. The van der Waals surface area contributed by atoms with Crippen LogP contribution in [0.4, 0.5) is 5.69 Å². The molecule has 0 saturated carbocycles. The molecule has 1 aromatic carbocycles. The number of aliphatic hydroxyl groups is 2. The number of nitrogens with one attached hydrogen (secondary N) is 2. The molecular weight excluding hydrogens is 366 g/mol. The van der Waals surface area contributed by atoms with Crippen LogP contribution in [0.5, 0.6) is 5.75 Å². The van der Waals surface area contributed by atoms with Crippen LogP contribution in [0.1, 0.15) is 19.3 Å². The molecular formula is C19H25N3O6. The highest BCUT2D eigenvalue weighted by Gasteiger charge is 2.46. The van der Waals surface area contributed by atoms with E-state index in [4.69, 9.17) is 4.74 Å². The Bertz CT molecular complexity index is 743. The van der Waals surface area contributed by atoms with Gasteiger partial charge in [-0.3, -0.25) is 14.4 Å². The first-order valence-electron chi connectivity index (χ1n) is 9.24. The highest BCUT2D eigenvalue weighted by Crippen LogP contribution is 2.38. The third kappa shape index (κ3) is 3.95. The predicted molar refractivity (Wildman–Crippen MR) is 99.5 cm³/mol. The lowest BCUT2D eigenvalue weighted by atomic mass is 9.77. The average molecular weight is 391 g/mol. The monoisotopic (exact) mass is 391 g/mol. The fourth-order valence-electron chi connectivity index (χ4n) is 3.70. The maximum absolute atomic E-state index is 12.5. The molecule has 2 fully saturated rings. The van der Waals surface area contributed by atoms with Gasteiger partial charge in [0.05, 0.1) is 12.5 Å². The first-order valence-corrected chi connectivity index (χ1v) is 9.24. The maximum atomic E-state index is 12.5. The molecule has 28 heavy (non-hydrogen) atoms. The number of carbonyl (C=O) groups excluding carboxylic acids is 3. The van der Waals surface area contributed by atoms with Gasteiger partial charge < -0.3 is 30.5 Å². The molecule has 9 nitrogen and oxygen atoms in total. The van der Waals surface area contributed by atoms with E-state index in [2.05, 4.69) is 10.6 Å². The van der Waals surface area contributed by atoms with Gasteiger partial charge >= 0.3 is 0 Å². The number of hydrogen-bond acceptors (Lipinski definition) is 6. The summed E-state index contributed by atoms with van der Waals surface area (Å²) in [6.07, 6.45) is -2.02. The van der Waals surface area contributed by atoms with Crippen molar-refractivity contribution in [2.45, 2.75) is 31.5 Å². The molecule has 1 spiro atoms. The molecule has 2 saturated heterocycles. The Kier molecular flexibility index (Phi) is 5.85. The minimum atomic E-state index is -1.90. The van der Waals surface area contributed by atoms with Crippen molar-refractivity contribution in [1.29, 1.82) is 0 Å². The summed E-state index contributed by atoms with van der Waals surface area (Å²) in [5, 5.41) is 25.5. The summed E-state index contributed by atoms with van der Waals surface area (Å²) in [5.41, 5.74) is -0.0387. The Morgan fingerprint density at radius 2 is 1.79 bits per heavy atom. The Balaban J connectivity index is 1.54. The van der Waals surface area contributed by atoms with Gasteiger partial charge in [-0.05, 0) is 43.5 Å². The Morgan fingerprint density at radius 1 is 1.14 bits per heavy atom. The van der Waals surface area contributed by atoms with E-state index < -0.39 is 29.4 Å². The van der Waals surface area contributed by atoms with Crippen molar-refractivity contribution in [2.75, 3.05) is 32.1 Å². The van der Waals surface area contributed by atoms with E-state index in [0.29, 0.717) is 43.9 Å². The normalized spacial score (nSPS) is 20.4. The van der Waals surface area contributed by atoms with E-state index in [1.807, 2.05) is 0 Å². The molecule has 2 aliphatic rings. The minimum Gasteiger partial charge on any atom is -0.497 e. The van der Waals surface area contributed by atoms with Crippen LogP contribution in [-0.4, -0.2) is 71.8 Å². The first-order chi connectivity index (χ1) is 13.4. The van der Waals surface area contributed by atoms with Gasteiger partial charge in [0.25, 0.3) is 11.8 Å². The predicted octanol–water partition coefficient (Wildman–Crippen LogP) is -0.516. The summed E-state index contributed by atoms with van der Waals surface area (Å²) in [6, 6.07) is 6.42. The average Bonchev–Trinajstić information content (AvgIpc) is 3.07. The molecule has 9 heteroatoms. The molecule has 2 heterocycles. The fraction of sp³-hybridized carbons (Fsp3) is 0.526. The molecule has 152 valence electrons. The third-order valence-electron chi connectivity index (χ3n) is 5.58. The quantitative estimate of drug-likeness (QED) is 0.535. The Labute approximate surface area is 162 Å². The number of benzene rings is 1. The maximum Gasteiger partial charge on any atom is 0.256 e. The van der Waals surface area contributed by atoms with Crippen molar-refractivity contribution >= 4 is 23.4 Å². The Hall–Kier alpha value is -2.65. The molecule has 2 aliphatic heterocycles. The molecule has 4 N–H and O–H groups in total. The molecule has 3 rings (SSSR count). The summed E-state index contributed by atoms with van der Waals surface area (Å²) >= 11 is 0. The highest BCUT2D eigenvalue weighted by molar-refractivity contribution is 5.98. The number of aliphatic hydroxyl groups excluding tert-OH is 2. The molecule has 0 unspecified atom stereocenters. The highest BCUT2D eigenvalue weighted by atomic mass is 16.5. The second-order valence-corrected chi connectivity index (χ2v) is 7.22. The minimum absolute atomic E-state index is 0.0130. The molecule has 0 radical (unpaired) electrons. The largest absolute Gasteiger partial charge is 0.497 e. The van der Waals surface area contributed by atoms with Crippen LogP contribution in [0, 0.1) is 5.41 Å². The van der Waals surface area contributed by atoms with E-state index >= 15 is 0 Å². The summed E-state index contributed by atoms with van der Waals surface area (Å²) in [4.78, 5) is 38.1. The van der Waals surface area contributed by atoms with Gasteiger partial charge in [-0.15, -0.1) is 0 Å². The second kappa shape index (κ2) is 8.15. The van der Waals surface area contributed by atoms with Crippen molar-refractivity contribution in [3.8, 4) is 5.75 Å². The van der Waals surface area contributed by atoms with Gasteiger partial charge in [0.15, 0.2) is 12.2 Å². The number of carbonyl (C=O) groups is 3. The van der Waals surface area contributed by atoms with Crippen LogP contribution in [-0.2, 0) is 14.4 Å². The number of methoxy groups -OCH3 is 1. The van der Waals surface area contributed by atoms with E-state index in [1.165, 1.54) is 12.0 Å². The van der Waals surface area contributed by atoms with Crippen LogP contribution < -0.4 is 15.4 Å². The van der Waals surface area contributed by atoms with Crippen molar-refractivity contribution in [3.63, 3.8) is 0 Å². The molecule has 0 aliphatic carbocycles. The van der Waals surface area contributed by atoms with E-state index in [0.717, 1.165) is 6.42 Å². The van der Waals surface area contributed by atoms with Crippen LogP contribution in [0.2, 0.25) is 0 Å². The Morgan fingerprint density at radius 3 is 2.32 bits per heavy atom. The zero-order valence-corrected chi connectivity index (χ0v) is 15.7. The van der Waals surface area contributed by atoms with Crippen LogP contribution in [0.3, 0.4) is 0 Å². The van der Waals surface area contributed by atoms with Crippen molar-refractivity contribution in [1.82, 2.24) is 10.2 Å². The number of amides is 3. The number of piperidine rings is 1. The zero-order valence-electron chi connectivity index (χ0n) is 15.7. The zero-order chi connectivity index (χ0) is 20.3. The van der Waals surface area contributed by atoms with Crippen LogP contribution in [0.25, 0.3) is 0 Å². The number of rotatable bonds is 5. The van der Waals surface area contributed by atoms with E-state index in [1.54, 1.807) is 24.3 Å². The lowest BCUT2D eigenvalue weighted by Crippen LogP contribution is -2.53. The van der Waals surface area contributed by atoms with Gasteiger partial charge in [-0.2, -0.15) is 0 Å². The topological polar surface area (TPSA) is 128 Å². The van der Waals surface area contributed by atoms with E-state index in [9.17, 15) is 24.6 Å². The third-order valence-corrected chi connectivity index (χ3v) is 5.58. The first kappa shape index (κ1) is 20.1. The molecule has 1 aromatic rings.